The van der Waals surface area contributed by atoms with Crippen molar-refractivity contribution in [1.29, 1.82) is 0 Å². The van der Waals surface area contributed by atoms with Crippen LogP contribution >= 0.6 is 24.8 Å². The van der Waals surface area contributed by atoms with Gasteiger partial charge in [0, 0.05) is 45.6 Å². The highest BCUT2D eigenvalue weighted by molar-refractivity contribution is 5.85. The molecule has 160 valence electrons. The number of ether oxygens (including phenoxy) is 4. The van der Waals surface area contributed by atoms with E-state index in [0.717, 1.165) is 5.69 Å². The Morgan fingerprint density at radius 3 is 2.04 bits per heavy atom. The highest BCUT2D eigenvalue weighted by Gasteiger charge is 2.26. The summed E-state index contributed by atoms with van der Waals surface area (Å²) in [7, 11) is 3.22. The number of carbonyl (C=O) groups is 1. The number of aliphatic carboxylic acids is 1. The fourth-order valence-electron chi connectivity index (χ4n) is 2.25. The molecule has 0 aliphatic rings. The molecule has 0 aromatic carbocycles. The fraction of sp³-hybridized carbons (Fsp3) is 0.750. The van der Waals surface area contributed by atoms with Crippen LogP contribution in [0.25, 0.3) is 0 Å². The molecule has 1 aromatic rings. The lowest BCUT2D eigenvalue weighted by Crippen LogP contribution is -2.46. The lowest BCUT2D eigenvalue weighted by molar-refractivity contribution is -0.144. The monoisotopic (exact) mass is 431 g/mol. The van der Waals surface area contributed by atoms with Gasteiger partial charge in [0.1, 0.15) is 6.04 Å². The average Bonchev–Trinajstić information content (AvgIpc) is 3.11. The van der Waals surface area contributed by atoms with Crippen molar-refractivity contribution in [1.82, 2.24) is 14.9 Å². The molecule has 0 spiro atoms. The summed E-state index contributed by atoms with van der Waals surface area (Å²) in [5, 5.41) is 9.63. The largest absolute Gasteiger partial charge is 0.480 e. The number of rotatable bonds is 16. The zero-order valence-electron chi connectivity index (χ0n) is 15.8. The summed E-state index contributed by atoms with van der Waals surface area (Å²) >= 11 is 0. The summed E-state index contributed by atoms with van der Waals surface area (Å²) in [6.45, 7) is 3.81. The van der Waals surface area contributed by atoms with Crippen LogP contribution in [0.3, 0.4) is 0 Å². The Hall–Kier alpha value is -0.940. The predicted molar refractivity (Wildman–Crippen MR) is 105 cm³/mol. The van der Waals surface area contributed by atoms with E-state index >= 15 is 0 Å². The number of H-pyrrole nitrogens is 1. The second-order valence-corrected chi connectivity index (χ2v) is 5.38. The van der Waals surface area contributed by atoms with Crippen LogP contribution < -0.4 is 0 Å². The molecule has 2 N–H and O–H groups in total. The molecular formula is C16H31Cl2N3O6. The molecule has 0 amide bonds. The molecule has 11 heteroatoms. The smallest absolute Gasteiger partial charge is 0.321 e. The van der Waals surface area contributed by atoms with Crippen LogP contribution in [0, 0.1) is 0 Å². The van der Waals surface area contributed by atoms with E-state index in [-0.39, 0.29) is 24.8 Å². The normalized spacial score (nSPS) is 11.7. The minimum Gasteiger partial charge on any atom is -0.480 e. The summed E-state index contributed by atoms with van der Waals surface area (Å²) in [5.41, 5.74) is 0.776. The molecule has 27 heavy (non-hydrogen) atoms. The summed E-state index contributed by atoms with van der Waals surface area (Å²) in [6, 6.07) is -0.683. The number of methoxy groups -OCH3 is 2. The van der Waals surface area contributed by atoms with Gasteiger partial charge in [-0.3, -0.25) is 9.69 Å². The molecule has 1 rings (SSSR count). The third kappa shape index (κ3) is 13.0. The van der Waals surface area contributed by atoms with Gasteiger partial charge < -0.3 is 29.0 Å². The first-order valence-corrected chi connectivity index (χ1v) is 8.26. The molecule has 1 atom stereocenters. The number of nitrogens with zero attached hydrogens (tertiary/aromatic N) is 2. The third-order valence-corrected chi connectivity index (χ3v) is 3.60. The summed E-state index contributed by atoms with van der Waals surface area (Å²) in [6.07, 6.45) is 3.52. The van der Waals surface area contributed by atoms with E-state index < -0.39 is 12.0 Å². The van der Waals surface area contributed by atoms with Gasteiger partial charge in [-0.25, -0.2) is 4.98 Å². The number of hydrogen-bond acceptors (Lipinski definition) is 7. The Kier molecular flexibility index (Phi) is 19.3. The standard InChI is InChI=1S/C16H29N3O6.2ClH/c1-22-7-9-24-5-3-19(4-6-25-10-8-23-2)15(16(20)21)11-14-12-17-13-18-14;;/h12-13,15H,3-11H2,1-2H3,(H,17,18)(H,20,21);2*1H. The Labute approximate surface area is 172 Å². The number of hydrogen-bond donors (Lipinski definition) is 2. The lowest BCUT2D eigenvalue weighted by atomic mass is 10.1. The minimum atomic E-state index is -0.886. The van der Waals surface area contributed by atoms with Crippen molar-refractivity contribution < 1.29 is 28.8 Å². The van der Waals surface area contributed by atoms with Gasteiger partial charge >= 0.3 is 5.97 Å². The first kappa shape index (κ1) is 28.3. The quantitative estimate of drug-likeness (QED) is 0.371. The molecule has 0 fully saturated rings. The van der Waals surface area contributed by atoms with E-state index in [2.05, 4.69) is 9.97 Å². The molecule has 0 bridgehead atoms. The zero-order chi connectivity index (χ0) is 18.3. The van der Waals surface area contributed by atoms with Gasteiger partial charge in [-0.2, -0.15) is 0 Å². The number of aromatic nitrogens is 2. The van der Waals surface area contributed by atoms with Crippen LogP contribution in [-0.2, 0) is 30.2 Å². The van der Waals surface area contributed by atoms with Gasteiger partial charge in [-0.15, -0.1) is 24.8 Å². The Morgan fingerprint density at radius 2 is 1.63 bits per heavy atom. The first-order chi connectivity index (χ1) is 12.2. The minimum absolute atomic E-state index is 0. The lowest BCUT2D eigenvalue weighted by Gasteiger charge is -2.28. The number of carboxylic acids is 1. The van der Waals surface area contributed by atoms with Gasteiger partial charge in [0.25, 0.3) is 0 Å². The van der Waals surface area contributed by atoms with Crippen molar-refractivity contribution in [3.63, 3.8) is 0 Å². The van der Waals surface area contributed by atoms with E-state index in [0.29, 0.717) is 59.2 Å². The van der Waals surface area contributed by atoms with E-state index in [9.17, 15) is 9.90 Å². The Morgan fingerprint density at radius 1 is 1.07 bits per heavy atom. The molecule has 0 aliphatic heterocycles. The van der Waals surface area contributed by atoms with Crippen molar-refractivity contribution in [2.24, 2.45) is 0 Å². The molecule has 9 nitrogen and oxygen atoms in total. The molecular weight excluding hydrogens is 401 g/mol. The van der Waals surface area contributed by atoms with Crippen LogP contribution in [0.15, 0.2) is 12.5 Å². The summed E-state index contributed by atoms with van der Waals surface area (Å²) in [4.78, 5) is 20.5. The second-order valence-electron chi connectivity index (χ2n) is 5.38. The van der Waals surface area contributed by atoms with Gasteiger partial charge in [-0.1, -0.05) is 0 Å². The Bertz CT molecular complexity index is 439. The van der Waals surface area contributed by atoms with Crippen LogP contribution in [0.1, 0.15) is 5.69 Å². The van der Waals surface area contributed by atoms with E-state index in [4.69, 9.17) is 18.9 Å². The zero-order valence-corrected chi connectivity index (χ0v) is 17.4. The molecule has 0 saturated heterocycles. The number of nitrogens with one attached hydrogen (secondary N) is 1. The van der Waals surface area contributed by atoms with Gasteiger partial charge in [0.05, 0.1) is 46.0 Å². The maximum absolute atomic E-state index is 11.7. The average molecular weight is 432 g/mol. The molecule has 0 radical (unpaired) electrons. The van der Waals surface area contributed by atoms with E-state index in [1.807, 2.05) is 4.90 Å². The van der Waals surface area contributed by atoms with Crippen LogP contribution in [0.2, 0.25) is 0 Å². The van der Waals surface area contributed by atoms with Crippen molar-refractivity contribution in [2.75, 3.05) is 67.0 Å². The van der Waals surface area contributed by atoms with Crippen molar-refractivity contribution >= 4 is 30.8 Å². The molecule has 1 unspecified atom stereocenters. The van der Waals surface area contributed by atoms with Crippen molar-refractivity contribution in [3.05, 3.63) is 18.2 Å². The summed E-state index contributed by atoms with van der Waals surface area (Å²) < 4.78 is 20.8. The van der Waals surface area contributed by atoms with Crippen molar-refractivity contribution in [3.8, 4) is 0 Å². The number of aromatic amines is 1. The number of carboxylic acid groups (broad SMARTS) is 1. The molecule has 1 heterocycles. The highest BCUT2D eigenvalue weighted by atomic mass is 35.5. The molecule has 1 aromatic heterocycles. The third-order valence-electron chi connectivity index (χ3n) is 3.60. The maximum atomic E-state index is 11.7. The van der Waals surface area contributed by atoms with Gasteiger partial charge in [0.2, 0.25) is 0 Å². The topological polar surface area (TPSA) is 106 Å². The van der Waals surface area contributed by atoms with Crippen molar-refractivity contribution in [2.45, 2.75) is 12.5 Å². The first-order valence-electron chi connectivity index (χ1n) is 8.26. The Balaban J connectivity index is 0. The molecule has 0 aliphatic carbocycles. The highest BCUT2D eigenvalue weighted by Crippen LogP contribution is 2.08. The predicted octanol–water partition coefficient (Wildman–Crippen LogP) is 0.877. The van der Waals surface area contributed by atoms with E-state index in [1.165, 1.54) is 0 Å². The van der Waals surface area contributed by atoms with Gasteiger partial charge in [0.15, 0.2) is 0 Å². The number of imidazole rings is 1. The van der Waals surface area contributed by atoms with Crippen LogP contribution in [-0.4, -0.2) is 98.9 Å². The van der Waals surface area contributed by atoms with Crippen LogP contribution in [0.5, 0.6) is 0 Å². The second kappa shape index (κ2) is 18.4. The molecule has 0 saturated carbocycles. The summed E-state index contributed by atoms with van der Waals surface area (Å²) in [5.74, 6) is -0.886. The SMILES string of the molecule is COCCOCCN(CCOCCOC)C(Cc1cnc[nH]1)C(=O)O.Cl.Cl. The van der Waals surface area contributed by atoms with Crippen LogP contribution in [0.4, 0.5) is 0 Å². The van der Waals surface area contributed by atoms with E-state index in [1.54, 1.807) is 26.7 Å². The fourth-order valence-corrected chi connectivity index (χ4v) is 2.25. The van der Waals surface area contributed by atoms with Gasteiger partial charge in [-0.05, 0) is 0 Å². The number of halogens is 2. The maximum Gasteiger partial charge on any atom is 0.321 e.